The monoisotopic (exact) mass is 362 g/mol. The number of thioether (sulfide) groups is 1. The predicted molar refractivity (Wildman–Crippen MR) is 95.5 cm³/mol. The number of likely N-dealkylation sites (N-methyl/N-ethyl adjacent to an activating group) is 1. The second-order valence-electron chi connectivity index (χ2n) is 5.41. The van der Waals surface area contributed by atoms with Gasteiger partial charge in [-0.15, -0.1) is 0 Å². The highest BCUT2D eigenvalue weighted by molar-refractivity contribution is 8.26. The molecule has 1 N–H and O–H groups in total. The van der Waals surface area contributed by atoms with Crippen molar-refractivity contribution < 1.29 is 19.5 Å². The fraction of sp³-hybridized carbons (Fsp3) is 0.250. The molecule has 8 heteroatoms. The molecule has 0 atom stereocenters. The number of carbonyl (C=O) groups excluding carboxylic acids is 2. The van der Waals surface area contributed by atoms with Gasteiger partial charge in [0.2, 0.25) is 0 Å². The van der Waals surface area contributed by atoms with Crippen LogP contribution in [-0.4, -0.2) is 45.7 Å². The normalized spacial score (nSPS) is 20.1. The van der Waals surface area contributed by atoms with E-state index in [0.29, 0.717) is 21.2 Å². The lowest BCUT2D eigenvalue weighted by Crippen LogP contribution is -2.30. The fourth-order valence-corrected chi connectivity index (χ4v) is 4.10. The number of aliphatic carboxylic acids is 1. The zero-order valence-corrected chi connectivity index (χ0v) is 14.4. The van der Waals surface area contributed by atoms with Crippen LogP contribution in [0.25, 0.3) is 5.57 Å². The van der Waals surface area contributed by atoms with Gasteiger partial charge in [-0.1, -0.05) is 42.2 Å². The van der Waals surface area contributed by atoms with Crippen LogP contribution in [0.2, 0.25) is 0 Å². The summed E-state index contributed by atoms with van der Waals surface area (Å²) in [7, 11) is 1.67. The Hall–Kier alpha value is -2.19. The molecule has 2 heterocycles. The van der Waals surface area contributed by atoms with Gasteiger partial charge in [-0.25, -0.2) is 0 Å². The highest BCUT2D eigenvalue weighted by atomic mass is 32.2. The van der Waals surface area contributed by atoms with Gasteiger partial charge in [-0.3, -0.25) is 19.3 Å². The van der Waals surface area contributed by atoms with E-state index in [0.717, 1.165) is 23.0 Å². The SMILES string of the molecule is CN1C(=O)C(=C2SC(=S)N(CCCC(=O)O)C2=O)c2ccccc21. The summed E-state index contributed by atoms with van der Waals surface area (Å²) in [5.41, 5.74) is 1.84. The first-order valence-corrected chi connectivity index (χ1v) is 8.51. The highest BCUT2D eigenvalue weighted by Gasteiger charge is 2.40. The zero-order chi connectivity index (χ0) is 17.4. The molecule has 1 fully saturated rings. The maximum absolute atomic E-state index is 12.7. The number of carboxylic acids is 1. The number of thiocarbonyl (C=S) groups is 1. The van der Waals surface area contributed by atoms with E-state index in [4.69, 9.17) is 17.3 Å². The molecule has 0 unspecified atom stereocenters. The molecule has 2 aliphatic rings. The van der Waals surface area contributed by atoms with Gasteiger partial charge in [0.15, 0.2) is 0 Å². The number of anilines is 1. The Balaban J connectivity index is 1.94. The molecule has 1 aromatic carbocycles. The molecule has 2 amide bonds. The summed E-state index contributed by atoms with van der Waals surface area (Å²) in [6.07, 6.45) is 0.280. The number of hydrogen-bond donors (Lipinski definition) is 1. The molecule has 0 aromatic heterocycles. The van der Waals surface area contributed by atoms with Crippen molar-refractivity contribution in [3.8, 4) is 0 Å². The van der Waals surface area contributed by atoms with Gasteiger partial charge in [0.05, 0.1) is 16.2 Å². The number of benzene rings is 1. The maximum atomic E-state index is 12.7. The van der Waals surface area contributed by atoms with Crippen LogP contribution in [0.15, 0.2) is 29.2 Å². The highest BCUT2D eigenvalue weighted by Crippen LogP contribution is 2.43. The second kappa shape index (κ2) is 6.37. The van der Waals surface area contributed by atoms with Crippen molar-refractivity contribution in [2.45, 2.75) is 12.8 Å². The Morgan fingerprint density at radius 2 is 1.96 bits per heavy atom. The zero-order valence-electron chi connectivity index (χ0n) is 12.8. The van der Waals surface area contributed by atoms with Gasteiger partial charge in [0.25, 0.3) is 11.8 Å². The molecule has 1 aromatic rings. The quantitative estimate of drug-likeness (QED) is 0.653. The number of carboxylic acid groups (broad SMARTS) is 1. The number of carbonyl (C=O) groups is 3. The van der Waals surface area contributed by atoms with Crippen molar-refractivity contribution in [3.63, 3.8) is 0 Å². The van der Waals surface area contributed by atoms with Gasteiger partial charge in [-0.2, -0.15) is 0 Å². The molecule has 124 valence electrons. The lowest BCUT2D eigenvalue weighted by Gasteiger charge is -2.13. The average Bonchev–Trinajstić information content (AvgIpc) is 2.96. The van der Waals surface area contributed by atoms with Crippen LogP contribution in [0.1, 0.15) is 18.4 Å². The Bertz CT molecular complexity index is 803. The molecular formula is C16H14N2O4S2. The average molecular weight is 362 g/mol. The second-order valence-corrected chi connectivity index (χ2v) is 7.05. The molecule has 0 spiro atoms. The number of rotatable bonds is 4. The van der Waals surface area contributed by atoms with Gasteiger partial charge in [0, 0.05) is 25.6 Å². The van der Waals surface area contributed by atoms with Crippen LogP contribution in [0.3, 0.4) is 0 Å². The van der Waals surface area contributed by atoms with Crippen LogP contribution < -0.4 is 4.90 Å². The summed E-state index contributed by atoms with van der Waals surface area (Å²) in [6.45, 7) is 0.236. The minimum atomic E-state index is -0.916. The molecule has 3 rings (SSSR count). The van der Waals surface area contributed by atoms with E-state index in [1.54, 1.807) is 7.05 Å². The van der Waals surface area contributed by atoms with E-state index in [2.05, 4.69) is 0 Å². The summed E-state index contributed by atoms with van der Waals surface area (Å²) in [4.78, 5) is 39.1. The molecule has 24 heavy (non-hydrogen) atoms. The first-order chi connectivity index (χ1) is 11.4. The third-order valence-corrected chi connectivity index (χ3v) is 5.35. The first kappa shape index (κ1) is 16.7. The maximum Gasteiger partial charge on any atom is 0.303 e. The van der Waals surface area contributed by atoms with Gasteiger partial charge in [-0.05, 0) is 12.5 Å². The smallest absolute Gasteiger partial charge is 0.303 e. The minimum absolute atomic E-state index is 0.0343. The Morgan fingerprint density at radius 1 is 1.25 bits per heavy atom. The number of hydrogen-bond acceptors (Lipinski definition) is 5. The molecular weight excluding hydrogens is 348 g/mol. The largest absolute Gasteiger partial charge is 0.481 e. The summed E-state index contributed by atoms with van der Waals surface area (Å²) < 4.78 is 0.354. The van der Waals surface area contributed by atoms with Crippen molar-refractivity contribution in [1.29, 1.82) is 0 Å². The van der Waals surface area contributed by atoms with E-state index in [1.807, 2.05) is 24.3 Å². The molecule has 0 radical (unpaired) electrons. The third kappa shape index (κ3) is 2.71. The molecule has 6 nitrogen and oxygen atoms in total. The predicted octanol–water partition coefficient (Wildman–Crippen LogP) is 2.10. The van der Waals surface area contributed by atoms with Crippen LogP contribution in [0.5, 0.6) is 0 Å². The van der Waals surface area contributed by atoms with E-state index >= 15 is 0 Å². The summed E-state index contributed by atoms with van der Waals surface area (Å²) >= 11 is 6.34. The third-order valence-electron chi connectivity index (χ3n) is 3.90. The first-order valence-electron chi connectivity index (χ1n) is 7.29. The standard InChI is InChI=1S/C16H14N2O4S2/c1-17-10-6-3-2-5-9(10)12(14(17)21)13-15(22)18(16(23)24-13)8-4-7-11(19)20/h2-3,5-6H,4,7-8H2,1H3,(H,19,20). The van der Waals surface area contributed by atoms with Crippen molar-refractivity contribution in [2.24, 2.45) is 0 Å². The Morgan fingerprint density at radius 3 is 2.67 bits per heavy atom. The fourth-order valence-electron chi connectivity index (χ4n) is 2.72. The molecule has 0 bridgehead atoms. The van der Waals surface area contributed by atoms with E-state index in [-0.39, 0.29) is 24.8 Å². The number of fused-ring (bicyclic) bond motifs is 1. The van der Waals surface area contributed by atoms with Gasteiger partial charge < -0.3 is 10.0 Å². The molecule has 1 saturated heterocycles. The number of para-hydroxylation sites is 1. The lowest BCUT2D eigenvalue weighted by molar-refractivity contribution is -0.137. The van der Waals surface area contributed by atoms with Gasteiger partial charge in [0.1, 0.15) is 4.32 Å². The number of nitrogens with zero attached hydrogens (tertiary/aromatic N) is 2. The minimum Gasteiger partial charge on any atom is -0.481 e. The van der Waals surface area contributed by atoms with E-state index in [9.17, 15) is 14.4 Å². The van der Waals surface area contributed by atoms with Gasteiger partial charge >= 0.3 is 5.97 Å². The molecule has 0 aliphatic carbocycles. The topological polar surface area (TPSA) is 77.9 Å². The van der Waals surface area contributed by atoms with Crippen molar-refractivity contribution in [3.05, 3.63) is 34.7 Å². The van der Waals surface area contributed by atoms with E-state index in [1.165, 1.54) is 9.80 Å². The van der Waals surface area contributed by atoms with Crippen LogP contribution in [0, 0.1) is 0 Å². The van der Waals surface area contributed by atoms with Crippen LogP contribution in [-0.2, 0) is 14.4 Å². The van der Waals surface area contributed by atoms with Crippen molar-refractivity contribution in [2.75, 3.05) is 18.5 Å². The number of amides is 2. The lowest BCUT2D eigenvalue weighted by atomic mass is 10.1. The summed E-state index contributed by atoms with van der Waals surface area (Å²) in [5, 5.41) is 8.72. The van der Waals surface area contributed by atoms with Crippen LogP contribution >= 0.6 is 24.0 Å². The Kier molecular flexibility index (Phi) is 4.42. The van der Waals surface area contributed by atoms with E-state index < -0.39 is 5.97 Å². The summed E-state index contributed by atoms with van der Waals surface area (Å²) in [6, 6.07) is 7.29. The van der Waals surface area contributed by atoms with Crippen molar-refractivity contribution in [1.82, 2.24) is 4.90 Å². The Labute approximate surface area is 148 Å². The van der Waals surface area contributed by atoms with Crippen molar-refractivity contribution >= 4 is 57.3 Å². The molecule has 0 saturated carbocycles. The summed E-state index contributed by atoms with van der Waals surface area (Å²) in [5.74, 6) is -1.48. The molecule has 2 aliphatic heterocycles. The van der Waals surface area contributed by atoms with Crippen LogP contribution in [0.4, 0.5) is 5.69 Å².